The maximum atomic E-state index is 12.7. The molecule has 5 nitrogen and oxygen atoms in total. The maximum Gasteiger partial charge on any atom is 0.257 e. The van der Waals surface area contributed by atoms with E-state index in [2.05, 4.69) is 48.2 Å². The van der Waals surface area contributed by atoms with Crippen LogP contribution >= 0.6 is 0 Å². The molecule has 0 spiro atoms. The number of aryl methyl sites for hydroxylation is 2. The number of nitrogens with zero attached hydrogens (tertiary/aromatic N) is 3. The fourth-order valence-electron chi connectivity index (χ4n) is 3.31. The van der Waals surface area contributed by atoms with E-state index in [0.717, 1.165) is 31.5 Å². The first-order valence-electron chi connectivity index (χ1n) is 9.05. The number of carbonyl (C=O) groups is 1. The number of nitrogens with one attached hydrogen (secondary N) is 1. The third kappa shape index (κ3) is 3.98. The normalized spacial score (nSPS) is 17.4. The zero-order valence-electron chi connectivity index (χ0n) is 15.2. The van der Waals surface area contributed by atoms with Crippen LogP contribution in [0.3, 0.4) is 0 Å². The van der Waals surface area contributed by atoms with Crippen molar-refractivity contribution in [2.45, 2.75) is 52.5 Å². The summed E-state index contributed by atoms with van der Waals surface area (Å²) >= 11 is 0. The standard InChI is InChI=1S/C20H26N4O/c1-4-18-7-5-6-10-24(18)19(25)16-12-21-20(22-13-16)23-17-9-8-14(2)15(3)11-17/h8-9,11-13,18H,4-7,10H2,1-3H3,(H,21,22,23). The second-order valence-corrected chi connectivity index (χ2v) is 6.78. The second-order valence-electron chi connectivity index (χ2n) is 6.78. The fourth-order valence-corrected chi connectivity index (χ4v) is 3.31. The summed E-state index contributed by atoms with van der Waals surface area (Å²) in [5.74, 6) is 0.551. The molecule has 0 aliphatic carbocycles. The Bertz CT molecular complexity index is 742. The zero-order chi connectivity index (χ0) is 17.8. The van der Waals surface area contributed by atoms with Gasteiger partial charge >= 0.3 is 0 Å². The summed E-state index contributed by atoms with van der Waals surface area (Å²) in [5.41, 5.74) is 3.97. The Kier molecular flexibility index (Phi) is 5.31. The molecule has 132 valence electrons. The SMILES string of the molecule is CCC1CCCCN1C(=O)c1cnc(Nc2ccc(C)c(C)c2)nc1. The molecule has 25 heavy (non-hydrogen) atoms. The Hall–Kier alpha value is -2.43. The fraction of sp³-hybridized carbons (Fsp3) is 0.450. The predicted molar refractivity (Wildman–Crippen MR) is 100 cm³/mol. The first kappa shape index (κ1) is 17.4. The molecule has 1 amide bonds. The molecule has 3 rings (SSSR count). The van der Waals surface area contributed by atoms with Crippen molar-refractivity contribution in [1.82, 2.24) is 14.9 Å². The lowest BCUT2D eigenvalue weighted by Gasteiger charge is -2.35. The number of hydrogen-bond acceptors (Lipinski definition) is 4. The van der Waals surface area contributed by atoms with Crippen LogP contribution in [0.15, 0.2) is 30.6 Å². The van der Waals surface area contributed by atoms with Crippen LogP contribution in [0.4, 0.5) is 11.6 Å². The number of amides is 1. The minimum Gasteiger partial charge on any atom is -0.336 e. The summed E-state index contributed by atoms with van der Waals surface area (Å²) in [6.45, 7) is 7.13. The molecule has 2 aromatic rings. The minimum atomic E-state index is 0.0456. The van der Waals surface area contributed by atoms with Crippen LogP contribution in [0, 0.1) is 13.8 Å². The van der Waals surface area contributed by atoms with Crippen LogP contribution in [-0.2, 0) is 0 Å². The molecular formula is C20H26N4O. The summed E-state index contributed by atoms with van der Waals surface area (Å²) in [7, 11) is 0. The van der Waals surface area contributed by atoms with Crippen LogP contribution in [0.2, 0.25) is 0 Å². The van der Waals surface area contributed by atoms with E-state index < -0.39 is 0 Å². The second kappa shape index (κ2) is 7.64. The number of benzene rings is 1. The molecule has 0 bridgehead atoms. The van der Waals surface area contributed by atoms with Gasteiger partial charge in [-0.1, -0.05) is 13.0 Å². The van der Waals surface area contributed by atoms with Crippen molar-refractivity contribution in [3.63, 3.8) is 0 Å². The van der Waals surface area contributed by atoms with Gasteiger partial charge in [0, 0.05) is 30.7 Å². The number of aromatic nitrogens is 2. The van der Waals surface area contributed by atoms with E-state index in [-0.39, 0.29) is 5.91 Å². The molecule has 2 heterocycles. The first-order valence-corrected chi connectivity index (χ1v) is 9.05. The number of piperidine rings is 1. The van der Waals surface area contributed by atoms with Gasteiger partial charge in [-0.2, -0.15) is 0 Å². The molecular weight excluding hydrogens is 312 g/mol. The molecule has 0 saturated carbocycles. The summed E-state index contributed by atoms with van der Waals surface area (Å²) in [6.07, 6.45) is 7.63. The van der Waals surface area contributed by atoms with Crippen molar-refractivity contribution in [2.75, 3.05) is 11.9 Å². The quantitative estimate of drug-likeness (QED) is 0.906. The van der Waals surface area contributed by atoms with Crippen LogP contribution < -0.4 is 5.32 Å². The third-order valence-corrected chi connectivity index (χ3v) is 5.02. The minimum absolute atomic E-state index is 0.0456. The zero-order valence-corrected chi connectivity index (χ0v) is 15.2. The van der Waals surface area contributed by atoms with E-state index >= 15 is 0 Å². The highest BCUT2D eigenvalue weighted by Crippen LogP contribution is 2.22. The van der Waals surface area contributed by atoms with Gasteiger partial charge in [0.25, 0.3) is 5.91 Å². The van der Waals surface area contributed by atoms with Crippen molar-refractivity contribution < 1.29 is 4.79 Å². The monoisotopic (exact) mass is 338 g/mol. The molecule has 1 aliphatic rings. The Morgan fingerprint density at radius 2 is 1.96 bits per heavy atom. The summed E-state index contributed by atoms with van der Waals surface area (Å²) in [5, 5.41) is 3.19. The van der Waals surface area contributed by atoms with Gasteiger partial charge in [0.1, 0.15) is 0 Å². The molecule has 1 atom stereocenters. The third-order valence-electron chi connectivity index (χ3n) is 5.02. The van der Waals surface area contributed by atoms with Gasteiger partial charge < -0.3 is 10.2 Å². The lowest BCUT2D eigenvalue weighted by atomic mass is 9.99. The molecule has 5 heteroatoms. The van der Waals surface area contributed by atoms with E-state index in [0.29, 0.717) is 17.6 Å². The van der Waals surface area contributed by atoms with Gasteiger partial charge in [-0.3, -0.25) is 4.79 Å². The van der Waals surface area contributed by atoms with Crippen LogP contribution in [0.25, 0.3) is 0 Å². The maximum absolute atomic E-state index is 12.7. The Morgan fingerprint density at radius 3 is 2.64 bits per heavy atom. The van der Waals surface area contributed by atoms with E-state index in [9.17, 15) is 4.79 Å². The van der Waals surface area contributed by atoms with Crippen LogP contribution in [-0.4, -0.2) is 33.4 Å². The first-order chi connectivity index (χ1) is 12.1. The Morgan fingerprint density at radius 1 is 1.20 bits per heavy atom. The summed E-state index contributed by atoms with van der Waals surface area (Å²) in [4.78, 5) is 23.4. The highest BCUT2D eigenvalue weighted by molar-refractivity contribution is 5.94. The van der Waals surface area contributed by atoms with Gasteiger partial charge in [-0.15, -0.1) is 0 Å². The smallest absolute Gasteiger partial charge is 0.257 e. The molecule has 0 radical (unpaired) electrons. The largest absolute Gasteiger partial charge is 0.336 e. The van der Waals surface area contributed by atoms with E-state index in [1.165, 1.54) is 17.5 Å². The van der Waals surface area contributed by atoms with E-state index in [4.69, 9.17) is 0 Å². The number of hydrogen-bond donors (Lipinski definition) is 1. The van der Waals surface area contributed by atoms with Crippen LogP contribution in [0.1, 0.15) is 54.1 Å². The van der Waals surface area contributed by atoms with E-state index in [1.807, 2.05) is 11.0 Å². The number of likely N-dealkylation sites (tertiary alicyclic amines) is 1. The lowest BCUT2D eigenvalue weighted by Crippen LogP contribution is -2.43. The average molecular weight is 338 g/mol. The Balaban J connectivity index is 1.71. The summed E-state index contributed by atoms with van der Waals surface area (Å²) in [6, 6.07) is 6.48. The molecule has 1 unspecified atom stereocenters. The van der Waals surface area contributed by atoms with E-state index in [1.54, 1.807) is 12.4 Å². The molecule has 1 saturated heterocycles. The van der Waals surface area contributed by atoms with Crippen molar-refractivity contribution in [3.8, 4) is 0 Å². The Labute approximate surface area is 149 Å². The predicted octanol–water partition coefficient (Wildman–Crippen LogP) is 4.24. The van der Waals surface area contributed by atoms with Gasteiger partial charge in [0.2, 0.25) is 5.95 Å². The van der Waals surface area contributed by atoms with Crippen LogP contribution in [0.5, 0.6) is 0 Å². The highest BCUT2D eigenvalue weighted by Gasteiger charge is 2.26. The topological polar surface area (TPSA) is 58.1 Å². The van der Waals surface area contributed by atoms with Crippen molar-refractivity contribution in [1.29, 1.82) is 0 Å². The van der Waals surface area contributed by atoms with Crippen molar-refractivity contribution in [2.24, 2.45) is 0 Å². The number of carbonyl (C=O) groups excluding carboxylic acids is 1. The van der Waals surface area contributed by atoms with Gasteiger partial charge in [0.15, 0.2) is 0 Å². The number of anilines is 2. The number of rotatable bonds is 4. The van der Waals surface area contributed by atoms with Crippen molar-refractivity contribution in [3.05, 3.63) is 47.3 Å². The molecule has 1 aliphatic heterocycles. The lowest BCUT2D eigenvalue weighted by molar-refractivity contribution is 0.0607. The molecule has 1 fully saturated rings. The van der Waals surface area contributed by atoms with Gasteiger partial charge in [-0.05, 0) is 62.8 Å². The highest BCUT2D eigenvalue weighted by atomic mass is 16.2. The molecule has 1 aromatic heterocycles. The molecule has 1 aromatic carbocycles. The van der Waals surface area contributed by atoms with Crippen molar-refractivity contribution >= 4 is 17.5 Å². The molecule has 1 N–H and O–H groups in total. The summed E-state index contributed by atoms with van der Waals surface area (Å²) < 4.78 is 0. The van der Waals surface area contributed by atoms with Gasteiger partial charge in [-0.25, -0.2) is 9.97 Å². The van der Waals surface area contributed by atoms with Gasteiger partial charge in [0.05, 0.1) is 5.56 Å². The average Bonchev–Trinajstić information content (AvgIpc) is 2.65.